The van der Waals surface area contributed by atoms with Crippen LogP contribution in [0, 0.1) is 24.7 Å². The Morgan fingerprint density at radius 2 is 1.55 bits per heavy atom. The van der Waals surface area contributed by atoms with Crippen molar-refractivity contribution in [3.05, 3.63) is 64.7 Å². The minimum Gasteiger partial charge on any atom is -0.335 e. The van der Waals surface area contributed by atoms with E-state index in [2.05, 4.69) is 31.7 Å². The molecule has 0 N–H and O–H groups in total. The van der Waals surface area contributed by atoms with E-state index in [-0.39, 0.29) is 22.6 Å². The quantitative estimate of drug-likeness (QED) is 0.649. The van der Waals surface area contributed by atoms with Crippen LogP contribution in [0.3, 0.4) is 0 Å². The average molecular weight is 419 g/mol. The molecule has 2 aliphatic rings. The van der Waals surface area contributed by atoms with Crippen molar-refractivity contribution in [2.24, 2.45) is 10.8 Å². The van der Waals surface area contributed by atoms with Gasteiger partial charge in [0.05, 0.1) is 0 Å². The number of amides is 2. The molecule has 1 saturated heterocycles. The van der Waals surface area contributed by atoms with Gasteiger partial charge in [0.15, 0.2) is 0 Å². The first-order valence-electron chi connectivity index (χ1n) is 11.2. The normalized spacial score (nSPS) is 24.2. The molecule has 2 unspecified atom stereocenters. The molecule has 4 nitrogen and oxygen atoms in total. The number of benzene rings is 2. The van der Waals surface area contributed by atoms with E-state index in [1.807, 2.05) is 50.2 Å². The van der Waals surface area contributed by atoms with Crippen LogP contribution in [0.2, 0.25) is 0 Å². The second-order valence-corrected chi connectivity index (χ2v) is 10.9. The number of nitrogens with zero attached hydrogens (tertiary/aromatic N) is 2. The van der Waals surface area contributed by atoms with Crippen molar-refractivity contribution >= 4 is 17.5 Å². The first-order chi connectivity index (χ1) is 14.5. The van der Waals surface area contributed by atoms with Gasteiger partial charge in [-0.1, -0.05) is 38.0 Å². The monoisotopic (exact) mass is 418 g/mol. The Morgan fingerprint density at radius 1 is 0.935 bits per heavy atom. The highest BCUT2D eigenvalue weighted by atomic mass is 16.2. The summed E-state index contributed by atoms with van der Waals surface area (Å²) in [4.78, 5) is 30.0. The average Bonchev–Trinajstić information content (AvgIpc) is 2.94. The van der Waals surface area contributed by atoms with Gasteiger partial charge in [-0.3, -0.25) is 9.59 Å². The summed E-state index contributed by atoms with van der Waals surface area (Å²) in [5, 5.41) is 0. The highest BCUT2D eigenvalue weighted by molar-refractivity contribution is 6.06. The van der Waals surface area contributed by atoms with Gasteiger partial charge in [0.25, 0.3) is 11.8 Å². The highest BCUT2D eigenvalue weighted by Gasteiger charge is 2.51. The van der Waals surface area contributed by atoms with Crippen LogP contribution in [0.25, 0.3) is 0 Å². The van der Waals surface area contributed by atoms with Gasteiger partial charge in [0.1, 0.15) is 0 Å². The summed E-state index contributed by atoms with van der Waals surface area (Å²) in [7, 11) is 1.78. The van der Waals surface area contributed by atoms with Crippen LogP contribution in [0.5, 0.6) is 0 Å². The molecule has 2 aromatic carbocycles. The van der Waals surface area contributed by atoms with E-state index in [1.54, 1.807) is 11.9 Å². The predicted octanol–water partition coefficient (Wildman–Crippen LogP) is 5.62. The lowest BCUT2D eigenvalue weighted by atomic mass is 9.65. The maximum Gasteiger partial charge on any atom is 0.258 e. The zero-order valence-electron chi connectivity index (χ0n) is 19.7. The number of fused-ring (bicyclic) bond motifs is 2. The first-order valence-corrected chi connectivity index (χ1v) is 11.2. The molecule has 2 aromatic rings. The molecule has 0 radical (unpaired) electrons. The number of anilines is 1. The van der Waals surface area contributed by atoms with E-state index in [4.69, 9.17) is 0 Å². The summed E-state index contributed by atoms with van der Waals surface area (Å²) >= 11 is 0. The zero-order chi connectivity index (χ0) is 22.6. The number of carbonyl (C=O) groups is 2. The fourth-order valence-electron chi connectivity index (χ4n) is 6.10. The first kappa shape index (κ1) is 21.6. The molecular formula is C27H34N2O2. The van der Waals surface area contributed by atoms with Crippen LogP contribution in [0.4, 0.5) is 5.69 Å². The second kappa shape index (κ2) is 7.51. The lowest BCUT2D eigenvalue weighted by molar-refractivity contribution is 0.0708. The van der Waals surface area contributed by atoms with Crippen molar-refractivity contribution in [1.82, 2.24) is 4.90 Å². The Labute approximate surface area is 186 Å². The molecule has 164 valence electrons. The zero-order valence-corrected chi connectivity index (χ0v) is 19.7. The van der Waals surface area contributed by atoms with Crippen molar-refractivity contribution < 1.29 is 9.59 Å². The number of likely N-dealkylation sites (tertiary alicyclic amines) is 1. The molecule has 1 aliphatic heterocycles. The molecule has 2 atom stereocenters. The summed E-state index contributed by atoms with van der Waals surface area (Å²) in [6, 6.07) is 13.7. The molecule has 4 heteroatoms. The molecule has 2 bridgehead atoms. The maximum atomic E-state index is 13.3. The molecule has 2 amide bonds. The van der Waals surface area contributed by atoms with E-state index in [0.717, 1.165) is 36.2 Å². The van der Waals surface area contributed by atoms with Gasteiger partial charge >= 0.3 is 0 Å². The largest absolute Gasteiger partial charge is 0.335 e. The summed E-state index contributed by atoms with van der Waals surface area (Å²) in [6.07, 6.45) is 3.34. The van der Waals surface area contributed by atoms with Crippen LogP contribution >= 0.6 is 0 Å². The molecule has 1 saturated carbocycles. The Hall–Kier alpha value is -2.62. The van der Waals surface area contributed by atoms with E-state index in [0.29, 0.717) is 17.2 Å². The molecule has 2 fully saturated rings. The topological polar surface area (TPSA) is 40.6 Å². The molecule has 31 heavy (non-hydrogen) atoms. The van der Waals surface area contributed by atoms with Gasteiger partial charge < -0.3 is 9.80 Å². The van der Waals surface area contributed by atoms with E-state index < -0.39 is 0 Å². The number of hydrogen-bond donors (Lipinski definition) is 0. The molecule has 4 rings (SSSR count). The van der Waals surface area contributed by atoms with E-state index in [9.17, 15) is 9.59 Å². The molecule has 0 spiro atoms. The lowest BCUT2D eigenvalue weighted by Crippen LogP contribution is -2.37. The third-order valence-corrected chi connectivity index (χ3v) is 6.95. The highest BCUT2D eigenvalue weighted by Crippen LogP contribution is 2.52. The third kappa shape index (κ3) is 4.26. The van der Waals surface area contributed by atoms with Crippen LogP contribution in [-0.2, 0) is 0 Å². The summed E-state index contributed by atoms with van der Waals surface area (Å²) in [5.41, 5.74) is 4.82. The minimum atomic E-state index is -0.0469. The predicted molar refractivity (Wildman–Crippen MR) is 126 cm³/mol. The van der Waals surface area contributed by atoms with Crippen LogP contribution in [-0.4, -0.2) is 36.3 Å². The van der Waals surface area contributed by atoms with Gasteiger partial charge in [0, 0.05) is 36.4 Å². The van der Waals surface area contributed by atoms with Crippen molar-refractivity contribution in [1.29, 1.82) is 0 Å². The van der Waals surface area contributed by atoms with E-state index in [1.165, 1.54) is 6.42 Å². The van der Waals surface area contributed by atoms with Gasteiger partial charge in [-0.05, 0) is 80.3 Å². The lowest BCUT2D eigenvalue weighted by Gasteiger charge is -2.39. The summed E-state index contributed by atoms with van der Waals surface area (Å²) in [6.45, 7) is 11.8. The van der Waals surface area contributed by atoms with Gasteiger partial charge in [0.2, 0.25) is 0 Å². The van der Waals surface area contributed by atoms with Crippen LogP contribution in [0.1, 0.15) is 71.9 Å². The van der Waals surface area contributed by atoms with Crippen LogP contribution < -0.4 is 4.90 Å². The minimum absolute atomic E-state index is 0.0469. The Kier molecular flexibility index (Phi) is 5.23. The second-order valence-electron chi connectivity index (χ2n) is 10.9. The Morgan fingerprint density at radius 3 is 2.16 bits per heavy atom. The fourth-order valence-corrected chi connectivity index (χ4v) is 6.10. The number of carbonyl (C=O) groups excluding carboxylic acids is 2. The smallest absolute Gasteiger partial charge is 0.258 e. The number of rotatable bonds is 3. The van der Waals surface area contributed by atoms with Gasteiger partial charge in [-0.25, -0.2) is 0 Å². The Balaban J connectivity index is 1.50. The standard InChI is InChI=1S/C27H34N2O2/c1-18-11-19(2)13-21(12-18)24(30)28(6)22-9-7-20(8-10-22)25(31)29-17-27(5)15-23(29)14-26(3,4)16-27/h7-13,23H,14-17H2,1-6H3. The van der Waals surface area contributed by atoms with Crippen molar-refractivity contribution in [3.8, 4) is 0 Å². The summed E-state index contributed by atoms with van der Waals surface area (Å²) < 4.78 is 0. The molecule has 0 aromatic heterocycles. The molecular weight excluding hydrogens is 384 g/mol. The number of aryl methyl sites for hydroxylation is 2. The number of hydrogen-bond acceptors (Lipinski definition) is 2. The molecule has 1 heterocycles. The molecule has 1 aliphatic carbocycles. The van der Waals surface area contributed by atoms with E-state index >= 15 is 0 Å². The fraction of sp³-hybridized carbons (Fsp3) is 0.481. The summed E-state index contributed by atoms with van der Waals surface area (Å²) in [5.74, 6) is 0.0654. The van der Waals surface area contributed by atoms with Crippen molar-refractivity contribution in [2.75, 3.05) is 18.5 Å². The van der Waals surface area contributed by atoms with Crippen molar-refractivity contribution in [2.45, 2.75) is 59.9 Å². The maximum absolute atomic E-state index is 13.3. The third-order valence-electron chi connectivity index (χ3n) is 6.95. The van der Waals surface area contributed by atoms with Gasteiger partial charge in [-0.15, -0.1) is 0 Å². The SMILES string of the molecule is Cc1cc(C)cc(C(=O)N(C)c2ccc(C(=O)N3CC4(C)CC3CC(C)(C)C4)cc2)c1. The van der Waals surface area contributed by atoms with Gasteiger partial charge in [-0.2, -0.15) is 0 Å². The Bertz CT molecular complexity index is 1000. The van der Waals surface area contributed by atoms with Crippen molar-refractivity contribution in [3.63, 3.8) is 0 Å². The van der Waals surface area contributed by atoms with Crippen LogP contribution in [0.15, 0.2) is 42.5 Å².